The molecule has 0 aliphatic carbocycles. The Balaban J connectivity index is 2.76. The summed E-state index contributed by atoms with van der Waals surface area (Å²) < 4.78 is 38.9. The topological polar surface area (TPSA) is 26.0 Å². The second-order valence-electron chi connectivity index (χ2n) is 3.45. The van der Waals surface area contributed by atoms with Gasteiger partial charge in [-0.2, -0.15) is 11.8 Å². The quantitative estimate of drug-likeness (QED) is 0.640. The van der Waals surface area contributed by atoms with E-state index in [9.17, 15) is 13.2 Å². The standard InChI is InChI=1S/C11H14F3NS/c1-2-5-16-6-9(15)7-3-4-8(12)11(14)10(7)13/h3-4,9H,2,5-6,15H2,1H3. The minimum atomic E-state index is -1.45. The van der Waals surface area contributed by atoms with Gasteiger partial charge in [0.05, 0.1) is 0 Å². The van der Waals surface area contributed by atoms with Gasteiger partial charge in [0, 0.05) is 17.4 Å². The van der Waals surface area contributed by atoms with Crippen molar-refractivity contribution < 1.29 is 13.2 Å². The van der Waals surface area contributed by atoms with Gasteiger partial charge in [-0.25, -0.2) is 13.2 Å². The Bertz CT molecular complexity index is 357. The summed E-state index contributed by atoms with van der Waals surface area (Å²) in [5.41, 5.74) is 5.74. The van der Waals surface area contributed by atoms with Crippen LogP contribution in [0, 0.1) is 17.5 Å². The van der Waals surface area contributed by atoms with Crippen LogP contribution >= 0.6 is 11.8 Å². The van der Waals surface area contributed by atoms with Crippen LogP contribution in [0.4, 0.5) is 13.2 Å². The molecule has 0 saturated carbocycles. The van der Waals surface area contributed by atoms with Crippen molar-refractivity contribution in [1.82, 2.24) is 0 Å². The first-order chi connectivity index (χ1) is 7.57. The van der Waals surface area contributed by atoms with Crippen molar-refractivity contribution in [3.05, 3.63) is 35.1 Å². The molecule has 1 rings (SSSR count). The number of hydrogen-bond donors (Lipinski definition) is 1. The molecule has 0 bridgehead atoms. The van der Waals surface area contributed by atoms with Gasteiger partial charge >= 0.3 is 0 Å². The zero-order valence-corrected chi connectivity index (χ0v) is 9.79. The summed E-state index contributed by atoms with van der Waals surface area (Å²) in [6, 6.07) is 1.50. The highest BCUT2D eigenvalue weighted by Crippen LogP contribution is 2.22. The van der Waals surface area contributed by atoms with Gasteiger partial charge in [0.15, 0.2) is 17.5 Å². The molecule has 0 fully saturated rings. The Morgan fingerprint density at radius 1 is 1.25 bits per heavy atom. The van der Waals surface area contributed by atoms with Gasteiger partial charge in [-0.3, -0.25) is 0 Å². The van der Waals surface area contributed by atoms with Crippen LogP contribution in [0.2, 0.25) is 0 Å². The van der Waals surface area contributed by atoms with Crippen LogP contribution in [-0.2, 0) is 0 Å². The number of benzene rings is 1. The fraction of sp³-hybridized carbons (Fsp3) is 0.455. The molecule has 0 aliphatic rings. The average Bonchev–Trinajstić information content (AvgIpc) is 2.26. The molecule has 0 heterocycles. The first-order valence-corrected chi connectivity index (χ1v) is 6.20. The molecule has 1 nitrogen and oxygen atoms in total. The predicted octanol–water partition coefficient (Wildman–Crippen LogP) is 3.25. The summed E-state index contributed by atoms with van der Waals surface area (Å²) >= 11 is 1.57. The summed E-state index contributed by atoms with van der Waals surface area (Å²) in [4.78, 5) is 0. The van der Waals surface area contributed by atoms with Crippen molar-refractivity contribution in [3.63, 3.8) is 0 Å². The lowest BCUT2D eigenvalue weighted by Gasteiger charge is -2.12. The SMILES string of the molecule is CCCSCC(N)c1ccc(F)c(F)c1F. The highest BCUT2D eigenvalue weighted by Gasteiger charge is 2.17. The molecule has 0 spiro atoms. The molecule has 5 heteroatoms. The normalized spacial score (nSPS) is 12.8. The molecule has 0 radical (unpaired) electrons. The molecular formula is C11H14F3NS. The van der Waals surface area contributed by atoms with Crippen LogP contribution in [0.15, 0.2) is 12.1 Å². The Labute approximate surface area is 97.2 Å². The van der Waals surface area contributed by atoms with Crippen molar-refractivity contribution in [2.24, 2.45) is 5.73 Å². The lowest BCUT2D eigenvalue weighted by Crippen LogP contribution is -2.16. The summed E-state index contributed by atoms with van der Waals surface area (Å²) in [6.45, 7) is 2.02. The average molecular weight is 249 g/mol. The predicted molar refractivity (Wildman–Crippen MR) is 60.9 cm³/mol. The Morgan fingerprint density at radius 3 is 2.56 bits per heavy atom. The molecule has 1 aromatic rings. The number of halogens is 3. The third-order valence-corrected chi connectivity index (χ3v) is 3.40. The van der Waals surface area contributed by atoms with Crippen molar-refractivity contribution in [3.8, 4) is 0 Å². The fourth-order valence-corrected chi connectivity index (χ4v) is 2.16. The van der Waals surface area contributed by atoms with Crippen LogP contribution in [0.25, 0.3) is 0 Å². The second-order valence-corrected chi connectivity index (χ2v) is 4.60. The van der Waals surface area contributed by atoms with E-state index in [2.05, 4.69) is 0 Å². The van der Waals surface area contributed by atoms with E-state index in [1.165, 1.54) is 6.07 Å². The van der Waals surface area contributed by atoms with Gasteiger partial charge in [0.2, 0.25) is 0 Å². The van der Waals surface area contributed by atoms with E-state index in [4.69, 9.17) is 5.73 Å². The van der Waals surface area contributed by atoms with Crippen molar-refractivity contribution in [2.45, 2.75) is 19.4 Å². The molecule has 1 aromatic carbocycles. The number of nitrogens with two attached hydrogens (primary N) is 1. The van der Waals surface area contributed by atoms with Gasteiger partial charge in [-0.1, -0.05) is 13.0 Å². The Hall–Kier alpha value is -0.680. The summed E-state index contributed by atoms with van der Waals surface area (Å²) in [5.74, 6) is -2.40. The van der Waals surface area contributed by atoms with E-state index in [0.717, 1.165) is 18.2 Å². The smallest absolute Gasteiger partial charge is 0.194 e. The van der Waals surface area contributed by atoms with Crippen LogP contribution in [-0.4, -0.2) is 11.5 Å². The molecular weight excluding hydrogens is 235 g/mol. The molecule has 0 amide bonds. The zero-order chi connectivity index (χ0) is 12.1. The summed E-state index contributed by atoms with van der Waals surface area (Å²) in [5, 5.41) is 0. The molecule has 1 atom stereocenters. The third-order valence-electron chi connectivity index (χ3n) is 2.11. The van der Waals surface area contributed by atoms with E-state index in [-0.39, 0.29) is 5.56 Å². The lowest BCUT2D eigenvalue weighted by molar-refractivity contribution is 0.437. The van der Waals surface area contributed by atoms with Crippen LogP contribution in [0.3, 0.4) is 0 Å². The molecule has 0 aliphatic heterocycles. The maximum absolute atomic E-state index is 13.3. The molecule has 0 saturated heterocycles. The van der Waals surface area contributed by atoms with E-state index < -0.39 is 23.5 Å². The van der Waals surface area contributed by atoms with Gasteiger partial charge in [0.1, 0.15) is 0 Å². The molecule has 16 heavy (non-hydrogen) atoms. The largest absolute Gasteiger partial charge is 0.323 e. The second kappa shape index (κ2) is 6.15. The molecule has 90 valence electrons. The van der Waals surface area contributed by atoms with Gasteiger partial charge in [0.25, 0.3) is 0 Å². The van der Waals surface area contributed by atoms with Crippen molar-refractivity contribution >= 4 is 11.8 Å². The zero-order valence-electron chi connectivity index (χ0n) is 8.97. The minimum absolute atomic E-state index is 0.0301. The van der Waals surface area contributed by atoms with E-state index >= 15 is 0 Å². The van der Waals surface area contributed by atoms with Crippen LogP contribution in [0.1, 0.15) is 24.9 Å². The van der Waals surface area contributed by atoms with E-state index in [1.807, 2.05) is 6.92 Å². The molecule has 1 unspecified atom stereocenters. The van der Waals surface area contributed by atoms with Crippen molar-refractivity contribution in [1.29, 1.82) is 0 Å². The number of hydrogen-bond acceptors (Lipinski definition) is 2. The van der Waals surface area contributed by atoms with Crippen LogP contribution < -0.4 is 5.73 Å². The Kier molecular flexibility index (Phi) is 5.15. The van der Waals surface area contributed by atoms with Gasteiger partial charge in [-0.05, 0) is 18.2 Å². The molecule has 0 aromatic heterocycles. The highest BCUT2D eigenvalue weighted by atomic mass is 32.2. The van der Waals surface area contributed by atoms with Gasteiger partial charge in [-0.15, -0.1) is 0 Å². The van der Waals surface area contributed by atoms with Gasteiger partial charge < -0.3 is 5.73 Å². The third kappa shape index (κ3) is 3.15. The van der Waals surface area contributed by atoms with Crippen molar-refractivity contribution in [2.75, 3.05) is 11.5 Å². The maximum Gasteiger partial charge on any atom is 0.194 e. The number of rotatable bonds is 5. The summed E-state index contributed by atoms with van der Waals surface area (Å²) in [6.07, 6.45) is 0.998. The first kappa shape index (κ1) is 13.4. The first-order valence-electron chi connectivity index (χ1n) is 5.04. The highest BCUT2D eigenvalue weighted by molar-refractivity contribution is 7.99. The maximum atomic E-state index is 13.3. The monoisotopic (exact) mass is 249 g/mol. The Morgan fingerprint density at radius 2 is 1.94 bits per heavy atom. The van der Waals surface area contributed by atoms with Crippen LogP contribution in [0.5, 0.6) is 0 Å². The lowest BCUT2D eigenvalue weighted by atomic mass is 10.1. The summed E-state index contributed by atoms with van der Waals surface area (Å²) in [7, 11) is 0. The minimum Gasteiger partial charge on any atom is -0.323 e. The fourth-order valence-electron chi connectivity index (χ4n) is 1.27. The van der Waals surface area contributed by atoms with E-state index in [1.54, 1.807) is 11.8 Å². The number of thioether (sulfide) groups is 1. The van der Waals surface area contributed by atoms with E-state index in [0.29, 0.717) is 5.75 Å². The molecule has 2 N–H and O–H groups in total.